The van der Waals surface area contributed by atoms with E-state index in [1.165, 1.54) is 0 Å². The molecule has 202 valence electrons. The summed E-state index contributed by atoms with van der Waals surface area (Å²) in [7, 11) is -11.5. The molecule has 0 unspecified atom stereocenters. The van der Waals surface area contributed by atoms with Crippen molar-refractivity contribution in [1.82, 2.24) is 0 Å². The van der Waals surface area contributed by atoms with Crippen LogP contribution in [-0.4, -0.2) is 43.0 Å². The summed E-state index contributed by atoms with van der Waals surface area (Å²) in [6, 6.07) is 27.4. The van der Waals surface area contributed by atoms with Crippen LogP contribution in [0.25, 0.3) is 0 Å². The van der Waals surface area contributed by atoms with E-state index in [1.807, 2.05) is 0 Å². The van der Waals surface area contributed by atoms with Crippen molar-refractivity contribution in [2.24, 2.45) is 0 Å². The maximum atomic E-state index is 7.62. The van der Waals surface area contributed by atoms with Gasteiger partial charge in [0.25, 0.3) is 0 Å². The van der Waals surface area contributed by atoms with E-state index in [0.717, 1.165) is 46.6 Å². The Balaban J connectivity index is 2.71. The summed E-state index contributed by atoms with van der Waals surface area (Å²) in [6.45, 7) is 20.4. The van der Waals surface area contributed by atoms with Gasteiger partial charge in [-0.1, -0.05) is 102 Å². The zero-order valence-electron chi connectivity index (χ0n) is 24.2. The maximum Gasteiger partial charge on any atom is 0.388 e. The second kappa shape index (κ2) is 14.0. The SMILES string of the molecule is CC[SiH](CC)O[Si](CC)(CC)O[Si](CC)(CC)O[Si](O[Si](C)(C)C)(c1ccccc1)c1ccccc1. The number of benzene rings is 2. The Morgan fingerprint density at radius 1 is 0.556 bits per heavy atom. The van der Waals surface area contributed by atoms with Crippen molar-refractivity contribution in [3.05, 3.63) is 60.7 Å². The molecule has 0 amide bonds. The fourth-order valence-electron chi connectivity index (χ4n) is 4.67. The Labute approximate surface area is 227 Å². The molecule has 0 aromatic heterocycles. The standard InChI is InChI=1S/C27H50O4Si5/c1-10-32(11-2)28-34(12-3,13-4)30-35(14-5,15-6)31-36(29-33(7,8)9,26-22-18-16-19-23-26)27-24-20-17-21-25-27/h16-25,32H,10-15H2,1-9H3. The third kappa shape index (κ3) is 7.94. The van der Waals surface area contributed by atoms with Gasteiger partial charge >= 0.3 is 25.7 Å². The molecule has 36 heavy (non-hydrogen) atoms. The molecule has 9 heteroatoms. The molecule has 0 spiro atoms. The van der Waals surface area contributed by atoms with Crippen LogP contribution in [0.15, 0.2) is 60.7 Å². The van der Waals surface area contributed by atoms with E-state index in [1.54, 1.807) is 0 Å². The molecule has 0 bridgehead atoms. The first-order valence-corrected chi connectivity index (χ1v) is 25.7. The summed E-state index contributed by atoms with van der Waals surface area (Å²) < 4.78 is 29.3. The van der Waals surface area contributed by atoms with Crippen LogP contribution in [0.1, 0.15) is 41.5 Å². The van der Waals surface area contributed by atoms with Gasteiger partial charge in [-0.2, -0.15) is 0 Å². The smallest absolute Gasteiger partial charge is 0.388 e. The van der Waals surface area contributed by atoms with E-state index < -0.39 is 43.0 Å². The summed E-state index contributed by atoms with van der Waals surface area (Å²) in [5, 5.41) is 2.33. The predicted octanol–water partition coefficient (Wildman–Crippen LogP) is 6.87. The summed E-state index contributed by atoms with van der Waals surface area (Å²) >= 11 is 0. The lowest BCUT2D eigenvalue weighted by molar-refractivity contribution is 0.289. The van der Waals surface area contributed by atoms with Gasteiger partial charge in [-0.3, -0.25) is 0 Å². The van der Waals surface area contributed by atoms with E-state index >= 15 is 0 Å². The lowest BCUT2D eigenvalue weighted by Gasteiger charge is -2.47. The summed E-state index contributed by atoms with van der Waals surface area (Å²) in [5.74, 6) is 0. The summed E-state index contributed by atoms with van der Waals surface area (Å²) in [5.41, 5.74) is 0. The monoisotopic (exact) mass is 578 g/mol. The first kappa shape index (κ1) is 31.6. The Bertz CT molecular complexity index is 841. The average molecular weight is 579 g/mol. The minimum atomic E-state index is -3.07. The van der Waals surface area contributed by atoms with Gasteiger partial charge in [-0.05, 0) is 66.3 Å². The van der Waals surface area contributed by atoms with Crippen molar-refractivity contribution in [1.29, 1.82) is 0 Å². The molecule has 0 fully saturated rings. The van der Waals surface area contributed by atoms with Gasteiger partial charge in [0.2, 0.25) is 0 Å². The van der Waals surface area contributed by atoms with Crippen LogP contribution in [0.4, 0.5) is 0 Å². The molecule has 0 aliphatic rings. The van der Waals surface area contributed by atoms with Gasteiger partial charge in [0.15, 0.2) is 17.4 Å². The third-order valence-electron chi connectivity index (χ3n) is 6.91. The molecule has 0 aliphatic carbocycles. The predicted molar refractivity (Wildman–Crippen MR) is 167 cm³/mol. The molecule has 0 aliphatic heterocycles. The zero-order chi connectivity index (χ0) is 26.9. The van der Waals surface area contributed by atoms with Gasteiger partial charge in [0, 0.05) is 0 Å². The largest absolute Gasteiger partial charge is 0.439 e. The second-order valence-electron chi connectivity index (χ2n) is 10.6. The van der Waals surface area contributed by atoms with E-state index in [-0.39, 0.29) is 0 Å². The van der Waals surface area contributed by atoms with Crippen molar-refractivity contribution < 1.29 is 16.5 Å². The van der Waals surface area contributed by atoms with E-state index in [0.29, 0.717) is 0 Å². The molecule has 0 N–H and O–H groups in total. The first-order chi connectivity index (χ1) is 17.1. The molecular weight excluding hydrogens is 529 g/mol. The minimum Gasteiger partial charge on any atom is -0.439 e. The van der Waals surface area contributed by atoms with Crippen LogP contribution in [0.5, 0.6) is 0 Å². The highest BCUT2D eigenvalue weighted by atomic mass is 28.5. The Morgan fingerprint density at radius 3 is 1.31 bits per heavy atom. The van der Waals surface area contributed by atoms with Gasteiger partial charge in [0.05, 0.1) is 0 Å². The Morgan fingerprint density at radius 2 is 0.972 bits per heavy atom. The molecule has 0 radical (unpaired) electrons. The van der Waals surface area contributed by atoms with E-state index in [9.17, 15) is 0 Å². The minimum absolute atomic E-state index is 0.884. The topological polar surface area (TPSA) is 36.9 Å². The molecule has 2 aromatic rings. The Hall–Kier alpha value is -0.636. The fraction of sp³-hybridized carbons (Fsp3) is 0.556. The summed E-state index contributed by atoms with van der Waals surface area (Å²) in [4.78, 5) is 0. The molecular formula is C27H50O4Si5. The molecule has 2 rings (SSSR count). The fourth-order valence-corrected chi connectivity index (χ4v) is 28.3. The molecule has 0 heterocycles. The lowest BCUT2D eigenvalue weighted by Crippen LogP contribution is -2.72. The molecule has 4 nitrogen and oxygen atoms in total. The van der Waals surface area contributed by atoms with Crippen molar-refractivity contribution in [3.8, 4) is 0 Å². The zero-order valence-corrected chi connectivity index (χ0v) is 29.4. The number of hydrogen-bond acceptors (Lipinski definition) is 4. The first-order valence-electron chi connectivity index (χ1n) is 14.0. The normalized spacial score (nSPS) is 13.4. The van der Waals surface area contributed by atoms with E-state index in [4.69, 9.17) is 16.5 Å². The highest BCUT2D eigenvalue weighted by Gasteiger charge is 2.55. The quantitative estimate of drug-likeness (QED) is 0.204. The van der Waals surface area contributed by atoms with Crippen molar-refractivity contribution in [3.63, 3.8) is 0 Å². The van der Waals surface area contributed by atoms with Crippen LogP contribution in [-0.2, 0) is 16.5 Å². The molecule has 0 saturated heterocycles. The van der Waals surface area contributed by atoms with Crippen molar-refractivity contribution >= 4 is 53.4 Å². The highest BCUT2D eigenvalue weighted by molar-refractivity contribution is 7.02. The van der Waals surface area contributed by atoms with Crippen LogP contribution in [0, 0.1) is 0 Å². The van der Waals surface area contributed by atoms with Crippen LogP contribution in [0.3, 0.4) is 0 Å². The molecule has 2 aromatic carbocycles. The van der Waals surface area contributed by atoms with Crippen LogP contribution < -0.4 is 10.4 Å². The number of rotatable bonds is 16. The second-order valence-corrected chi connectivity index (χ2v) is 29.9. The van der Waals surface area contributed by atoms with Gasteiger partial charge < -0.3 is 16.5 Å². The maximum absolute atomic E-state index is 7.62. The van der Waals surface area contributed by atoms with Gasteiger partial charge in [-0.15, -0.1) is 0 Å². The third-order valence-corrected chi connectivity index (χ3v) is 27.5. The lowest BCUT2D eigenvalue weighted by atomic mass is 10.4. The molecule has 0 atom stereocenters. The van der Waals surface area contributed by atoms with Crippen molar-refractivity contribution in [2.45, 2.75) is 97.4 Å². The van der Waals surface area contributed by atoms with Crippen LogP contribution in [0.2, 0.25) is 55.9 Å². The van der Waals surface area contributed by atoms with Crippen LogP contribution >= 0.6 is 0 Å². The molecule has 0 saturated carbocycles. The average Bonchev–Trinajstić information content (AvgIpc) is 2.90. The van der Waals surface area contributed by atoms with Gasteiger partial charge in [-0.25, -0.2) is 0 Å². The summed E-state index contributed by atoms with van der Waals surface area (Å²) in [6.07, 6.45) is 0. The van der Waals surface area contributed by atoms with E-state index in [2.05, 4.69) is 122 Å². The highest BCUT2D eigenvalue weighted by Crippen LogP contribution is 2.33. The Kier molecular flexibility index (Phi) is 12.2. The van der Waals surface area contributed by atoms with Crippen molar-refractivity contribution in [2.75, 3.05) is 0 Å². The number of hydrogen-bond donors (Lipinski definition) is 0. The van der Waals surface area contributed by atoms with Gasteiger partial charge in [0.1, 0.15) is 0 Å².